The topological polar surface area (TPSA) is 98.0 Å². The maximum Gasteiger partial charge on any atom is 0.336 e. The molecule has 92 valence electrons. The molecule has 0 saturated carbocycles. The molecule has 2 aromatic carbocycles. The lowest BCUT2D eigenvalue weighted by Crippen LogP contribution is -1.99. The lowest BCUT2D eigenvalue weighted by Gasteiger charge is -2.09. The standard InChI is InChI=1S/C13H10O5/c14-7-1-3-9(11(5-7)13(17)18)10-4-2-8(15)6-12(10)16/h1-6,14-16H,(H,17,18). The number of hydrogen-bond donors (Lipinski definition) is 4. The molecule has 0 amide bonds. The largest absolute Gasteiger partial charge is 0.508 e. The lowest BCUT2D eigenvalue weighted by atomic mass is 9.98. The van der Waals surface area contributed by atoms with Crippen LogP contribution in [0.5, 0.6) is 17.2 Å². The van der Waals surface area contributed by atoms with Gasteiger partial charge >= 0.3 is 5.97 Å². The molecule has 0 saturated heterocycles. The van der Waals surface area contributed by atoms with Gasteiger partial charge in [0.25, 0.3) is 0 Å². The highest BCUT2D eigenvalue weighted by molar-refractivity contribution is 5.97. The number of benzene rings is 2. The number of phenolic OH excluding ortho intramolecular Hbond substituents is 3. The Labute approximate surface area is 102 Å². The molecule has 0 aliphatic rings. The summed E-state index contributed by atoms with van der Waals surface area (Å²) in [6, 6.07) is 7.69. The Kier molecular flexibility index (Phi) is 2.81. The van der Waals surface area contributed by atoms with Crippen LogP contribution in [0, 0.1) is 0 Å². The third-order valence-electron chi connectivity index (χ3n) is 2.51. The van der Waals surface area contributed by atoms with Crippen molar-refractivity contribution in [1.82, 2.24) is 0 Å². The number of carboxylic acid groups (broad SMARTS) is 1. The highest BCUT2D eigenvalue weighted by Crippen LogP contribution is 2.35. The molecule has 4 N–H and O–H groups in total. The predicted molar refractivity (Wildman–Crippen MR) is 63.8 cm³/mol. The Balaban J connectivity index is 2.67. The Bertz CT molecular complexity index is 619. The number of rotatable bonds is 2. The molecule has 2 aromatic rings. The first-order valence-corrected chi connectivity index (χ1v) is 5.07. The van der Waals surface area contributed by atoms with E-state index < -0.39 is 5.97 Å². The van der Waals surface area contributed by atoms with Crippen LogP contribution < -0.4 is 0 Å². The first-order chi connectivity index (χ1) is 8.49. The van der Waals surface area contributed by atoms with Gasteiger partial charge in [0.2, 0.25) is 0 Å². The van der Waals surface area contributed by atoms with Crippen LogP contribution in [0.2, 0.25) is 0 Å². The number of aromatic hydroxyl groups is 3. The molecule has 5 heteroatoms. The van der Waals surface area contributed by atoms with E-state index in [0.29, 0.717) is 0 Å². The van der Waals surface area contributed by atoms with Gasteiger partial charge in [-0.3, -0.25) is 0 Å². The van der Waals surface area contributed by atoms with Gasteiger partial charge in [0, 0.05) is 17.2 Å². The van der Waals surface area contributed by atoms with Crippen molar-refractivity contribution >= 4 is 5.97 Å². The molecule has 0 spiro atoms. The van der Waals surface area contributed by atoms with Crippen LogP contribution in [-0.4, -0.2) is 26.4 Å². The van der Waals surface area contributed by atoms with Crippen molar-refractivity contribution in [1.29, 1.82) is 0 Å². The number of aromatic carboxylic acids is 1. The van der Waals surface area contributed by atoms with Gasteiger partial charge in [0.1, 0.15) is 17.2 Å². The van der Waals surface area contributed by atoms with Crippen molar-refractivity contribution in [2.45, 2.75) is 0 Å². The van der Waals surface area contributed by atoms with Gasteiger partial charge in [-0.2, -0.15) is 0 Å². The van der Waals surface area contributed by atoms with Gasteiger partial charge < -0.3 is 20.4 Å². The maximum atomic E-state index is 11.1. The van der Waals surface area contributed by atoms with E-state index in [2.05, 4.69) is 0 Å². The molecule has 0 aliphatic carbocycles. The van der Waals surface area contributed by atoms with Crippen molar-refractivity contribution in [2.75, 3.05) is 0 Å². The van der Waals surface area contributed by atoms with E-state index in [1.54, 1.807) is 0 Å². The maximum absolute atomic E-state index is 11.1. The van der Waals surface area contributed by atoms with Crippen molar-refractivity contribution in [3.8, 4) is 28.4 Å². The summed E-state index contributed by atoms with van der Waals surface area (Å²) in [6.45, 7) is 0. The average molecular weight is 246 g/mol. The second kappa shape index (κ2) is 4.29. The summed E-state index contributed by atoms with van der Waals surface area (Å²) in [5.41, 5.74) is 0.402. The molecule has 0 aromatic heterocycles. The Hall–Kier alpha value is -2.69. The quantitative estimate of drug-likeness (QED) is 0.651. The molecule has 0 heterocycles. The summed E-state index contributed by atoms with van der Waals surface area (Å²) >= 11 is 0. The first kappa shape index (κ1) is 11.8. The normalized spacial score (nSPS) is 10.2. The van der Waals surface area contributed by atoms with Gasteiger partial charge in [-0.25, -0.2) is 4.79 Å². The number of phenols is 3. The molecule has 0 bridgehead atoms. The zero-order valence-electron chi connectivity index (χ0n) is 9.16. The Morgan fingerprint density at radius 3 is 1.94 bits per heavy atom. The van der Waals surface area contributed by atoms with Crippen molar-refractivity contribution in [2.24, 2.45) is 0 Å². The van der Waals surface area contributed by atoms with Gasteiger partial charge in [-0.15, -0.1) is 0 Å². The van der Waals surface area contributed by atoms with Crippen molar-refractivity contribution < 1.29 is 25.2 Å². The highest BCUT2D eigenvalue weighted by atomic mass is 16.4. The average Bonchev–Trinajstić information content (AvgIpc) is 2.29. The van der Waals surface area contributed by atoms with E-state index in [-0.39, 0.29) is 33.9 Å². The van der Waals surface area contributed by atoms with Crippen LogP contribution in [-0.2, 0) is 0 Å². The monoisotopic (exact) mass is 246 g/mol. The summed E-state index contributed by atoms with van der Waals surface area (Å²) in [4.78, 5) is 11.1. The van der Waals surface area contributed by atoms with E-state index >= 15 is 0 Å². The van der Waals surface area contributed by atoms with Crippen LogP contribution in [0.25, 0.3) is 11.1 Å². The van der Waals surface area contributed by atoms with Crippen molar-refractivity contribution in [3.05, 3.63) is 42.0 Å². The summed E-state index contributed by atoms with van der Waals surface area (Å²) in [6.07, 6.45) is 0. The number of carbonyl (C=O) groups is 1. The van der Waals surface area contributed by atoms with Crippen LogP contribution in [0.4, 0.5) is 0 Å². The van der Waals surface area contributed by atoms with Crippen LogP contribution in [0.15, 0.2) is 36.4 Å². The number of carboxylic acids is 1. The summed E-state index contributed by atoms with van der Waals surface area (Å²) in [7, 11) is 0. The fourth-order valence-corrected chi connectivity index (χ4v) is 1.69. The van der Waals surface area contributed by atoms with Gasteiger partial charge in [-0.1, -0.05) is 0 Å². The summed E-state index contributed by atoms with van der Waals surface area (Å²) in [5, 5.41) is 37.2. The fraction of sp³-hybridized carbons (Fsp3) is 0. The molecule has 0 fully saturated rings. The van der Waals surface area contributed by atoms with Crippen LogP contribution in [0.1, 0.15) is 10.4 Å². The molecule has 0 atom stereocenters. The third kappa shape index (κ3) is 2.06. The molecule has 0 aliphatic heterocycles. The summed E-state index contributed by atoms with van der Waals surface area (Å²) < 4.78 is 0. The van der Waals surface area contributed by atoms with Gasteiger partial charge in [0.15, 0.2) is 0 Å². The molecule has 18 heavy (non-hydrogen) atoms. The second-order valence-electron chi connectivity index (χ2n) is 3.74. The smallest absolute Gasteiger partial charge is 0.336 e. The number of hydrogen-bond acceptors (Lipinski definition) is 4. The molecular formula is C13H10O5. The SMILES string of the molecule is O=C(O)c1cc(O)ccc1-c1ccc(O)cc1O. The van der Waals surface area contributed by atoms with E-state index in [4.69, 9.17) is 5.11 Å². The second-order valence-corrected chi connectivity index (χ2v) is 3.74. The van der Waals surface area contributed by atoms with E-state index in [1.165, 1.54) is 24.3 Å². The van der Waals surface area contributed by atoms with Crippen molar-refractivity contribution in [3.63, 3.8) is 0 Å². The zero-order valence-corrected chi connectivity index (χ0v) is 9.16. The minimum absolute atomic E-state index is 0.119. The molecule has 2 rings (SSSR count). The molecular weight excluding hydrogens is 236 g/mol. The van der Waals surface area contributed by atoms with E-state index in [1.807, 2.05) is 0 Å². The molecule has 0 radical (unpaired) electrons. The Morgan fingerprint density at radius 2 is 1.39 bits per heavy atom. The summed E-state index contributed by atoms with van der Waals surface area (Å²) in [5.74, 6) is -1.74. The fourth-order valence-electron chi connectivity index (χ4n) is 1.69. The highest BCUT2D eigenvalue weighted by Gasteiger charge is 2.15. The Morgan fingerprint density at radius 1 is 0.833 bits per heavy atom. The molecule has 0 unspecified atom stereocenters. The van der Waals surface area contributed by atoms with Crippen LogP contribution >= 0.6 is 0 Å². The van der Waals surface area contributed by atoms with Crippen LogP contribution in [0.3, 0.4) is 0 Å². The first-order valence-electron chi connectivity index (χ1n) is 5.07. The van der Waals surface area contributed by atoms with Gasteiger partial charge in [-0.05, 0) is 30.3 Å². The van der Waals surface area contributed by atoms with Gasteiger partial charge in [0.05, 0.1) is 5.56 Å². The van der Waals surface area contributed by atoms with E-state index in [0.717, 1.165) is 12.1 Å². The zero-order chi connectivity index (χ0) is 13.3. The lowest BCUT2D eigenvalue weighted by molar-refractivity contribution is 0.0697. The van der Waals surface area contributed by atoms with E-state index in [9.17, 15) is 20.1 Å². The molecule has 5 nitrogen and oxygen atoms in total. The minimum Gasteiger partial charge on any atom is -0.508 e. The minimum atomic E-state index is -1.21. The third-order valence-corrected chi connectivity index (χ3v) is 2.51. The predicted octanol–water partition coefficient (Wildman–Crippen LogP) is 2.17.